The minimum Gasteiger partial charge on any atom is -0.138 e. The molecule has 0 N–H and O–H groups in total. The van der Waals surface area contributed by atoms with Gasteiger partial charge in [-0.05, 0) is 39.8 Å². The molecule has 0 amide bonds. The molecule has 0 saturated carbocycles. The van der Waals surface area contributed by atoms with Crippen LogP contribution in [0.2, 0.25) is 0 Å². The molecule has 0 saturated heterocycles. The molecule has 0 spiro atoms. The van der Waals surface area contributed by atoms with Crippen LogP contribution in [0.4, 0.5) is 0 Å². The first kappa shape index (κ1) is 17.2. The van der Waals surface area contributed by atoms with Gasteiger partial charge >= 0.3 is 0 Å². The Hall–Kier alpha value is -1.60. The second-order valence-corrected chi connectivity index (χ2v) is 9.80. The summed E-state index contributed by atoms with van der Waals surface area (Å²) in [4.78, 5) is 0. The topological polar surface area (TPSA) is 77.3 Å². The van der Waals surface area contributed by atoms with Gasteiger partial charge in [0.1, 0.15) is 5.30 Å². The number of halogens is 1. The molecule has 0 aliphatic heterocycles. The van der Waals surface area contributed by atoms with E-state index < -0.39 is 7.26 Å². The zero-order chi connectivity index (χ0) is 16.7. The van der Waals surface area contributed by atoms with Gasteiger partial charge in [0.2, 0.25) is 10.9 Å². The SMILES string of the molecule is [123I]CCCC[P+](c1ccccc1)(c1ccnnn1)c1ccnnn1. The molecular formula is C16H17IN6P+. The molecule has 1 aromatic carbocycles. The van der Waals surface area contributed by atoms with Crippen LogP contribution in [-0.4, -0.2) is 41.4 Å². The first-order valence-electron chi connectivity index (χ1n) is 7.67. The lowest BCUT2D eigenvalue weighted by Crippen LogP contribution is -2.37. The predicted molar refractivity (Wildman–Crippen MR) is 105 cm³/mol. The number of alkyl halides is 1. The molecular weight excluding hydrogens is 430 g/mol. The Bertz CT molecular complexity index is 648. The van der Waals surface area contributed by atoms with Crippen LogP contribution in [0.15, 0.2) is 54.9 Å². The molecule has 2 aromatic heterocycles. The number of hydrogen-bond acceptors (Lipinski definition) is 6. The van der Waals surface area contributed by atoms with Crippen molar-refractivity contribution >= 4 is 46.0 Å². The van der Waals surface area contributed by atoms with Gasteiger partial charge in [0.25, 0.3) is 0 Å². The van der Waals surface area contributed by atoms with E-state index in [0.29, 0.717) is 0 Å². The summed E-state index contributed by atoms with van der Waals surface area (Å²) in [5.74, 6) is 0. The van der Waals surface area contributed by atoms with Crippen LogP contribution in [0.5, 0.6) is 0 Å². The van der Waals surface area contributed by atoms with Crippen LogP contribution >= 0.6 is 29.9 Å². The average molecular weight is 447 g/mol. The highest BCUT2D eigenvalue weighted by Gasteiger charge is 2.48. The van der Waals surface area contributed by atoms with Crippen molar-refractivity contribution < 1.29 is 0 Å². The first-order valence-corrected chi connectivity index (χ1v) is 11.2. The summed E-state index contributed by atoms with van der Waals surface area (Å²) in [7, 11) is -2.01. The van der Waals surface area contributed by atoms with Crippen molar-refractivity contribution in [2.24, 2.45) is 0 Å². The van der Waals surface area contributed by atoms with Crippen LogP contribution in [0.3, 0.4) is 0 Å². The molecule has 0 fully saturated rings. The third-order valence-corrected chi connectivity index (χ3v) is 8.81. The highest BCUT2D eigenvalue weighted by Crippen LogP contribution is 2.54. The van der Waals surface area contributed by atoms with Crippen LogP contribution in [-0.2, 0) is 0 Å². The molecule has 6 nitrogen and oxygen atoms in total. The van der Waals surface area contributed by atoms with E-state index in [9.17, 15) is 0 Å². The minimum atomic E-state index is -2.01. The first-order chi connectivity index (χ1) is 11.9. The van der Waals surface area contributed by atoms with Crippen molar-refractivity contribution in [1.82, 2.24) is 30.8 Å². The van der Waals surface area contributed by atoms with E-state index in [4.69, 9.17) is 0 Å². The lowest BCUT2D eigenvalue weighted by molar-refractivity contribution is 0.870. The van der Waals surface area contributed by atoms with E-state index in [0.717, 1.165) is 34.3 Å². The van der Waals surface area contributed by atoms with Gasteiger partial charge in [-0.1, -0.05) is 51.0 Å². The monoisotopic (exact) mass is 447 g/mol. The van der Waals surface area contributed by atoms with Crippen LogP contribution in [0.1, 0.15) is 12.8 Å². The maximum absolute atomic E-state index is 4.38. The smallest absolute Gasteiger partial charge is 0.138 e. The van der Waals surface area contributed by atoms with Crippen molar-refractivity contribution in [3.63, 3.8) is 0 Å². The van der Waals surface area contributed by atoms with Crippen molar-refractivity contribution in [3.05, 3.63) is 54.9 Å². The Kier molecular flexibility index (Phi) is 6.09. The molecule has 2 heterocycles. The van der Waals surface area contributed by atoms with E-state index in [1.54, 1.807) is 12.4 Å². The van der Waals surface area contributed by atoms with Gasteiger partial charge in [-0.3, -0.25) is 0 Å². The molecule has 0 unspecified atom stereocenters. The highest BCUT2D eigenvalue weighted by molar-refractivity contribution is 14.1. The second kappa shape index (κ2) is 8.48. The summed E-state index contributed by atoms with van der Waals surface area (Å²) in [6.07, 6.45) is 6.64. The predicted octanol–water partition coefficient (Wildman–Crippen LogP) is 1.57. The fraction of sp³-hybridized carbons (Fsp3) is 0.250. The fourth-order valence-corrected chi connectivity index (χ4v) is 7.17. The van der Waals surface area contributed by atoms with E-state index in [-0.39, 0.29) is 0 Å². The van der Waals surface area contributed by atoms with Crippen molar-refractivity contribution in [2.75, 3.05) is 10.6 Å². The van der Waals surface area contributed by atoms with Crippen molar-refractivity contribution in [2.45, 2.75) is 12.8 Å². The zero-order valence-corrected chi connectivity index (χ0v) is 16.1. The molecule has 8 heteroatoms. The lowest BCUT2D eigenvalue weighted by atomic mass is 10.4. The maximum Gasteiger partial charge on any atom is 0.217 e. The van der Waals surface area contributed by atoms with Crippen LogP contribution in [0, 0.1) is 0 Å². The number of aromatic nitrogens is 6. The summed E-state index contributed by atoms with van der Waals surface area (Å²) >= 11 is 2.42. The van der Waals surface area contributed by atoms with E-state index in [1.807, 2.05) is 18.2 Å². The number of rotatable bonds is 7. The molecule has 3 aromatic rings. The molecule has 0 bridgehead atoms. The summed E-state index contributed by atoms with van der Waals surface area (Å²) in [6, 6.07) is 14.4. The Labute approximate surface area is 155 Å². The fourth-order valence-electron chi connectivity index (χ4n) is 2.74. The molecule has 24 heavy (non-hydrogen) atoms. The number of unbranched alkanes of at least 4 members (excludes halogenated alkanes) is 1. The van der Waals surface area contributed by atoms with Crippen molar-refractivity contribution in [3.8, 4) is 0 Å². The van der Waals surface area contributed by atoms with Gasteiger partial charge < -0.3 is 0 Å². The molecule has 0 atom stereocenters. The van der Waals surface area contributed by atoms with Gasteiger partial charge in [0.15, 0.2) is 7.26 Å². The minimum absolute atomic E-state index is 0.942. The lowest BCUT2D eigenvalue weighted by Gasteiger charge is -2.23. The van der Waals surface area contributed by atoms with Gasteiger partial charge in [-0.15, -0.1) is 10.2 Å². The Balaban J connectivity index is 2.20. The summed E-state index contributed by atoms with van der Waals surface area (Å²) in [6.45, 7) is 0. The maximum atomic E-state index is 4.38. The van der Waals surface area contributed by atoms with E-state index in [2.05, 4.69) is 77.7 Å². The highest BCUT2D eigenvalue weighted by atomic mass is 123. The quantitative estimate of drug-likeness (QED) is 0.237. The number of hydrogen-bond donors (Lipinski definition) is 0. The Morgan fingerprint density at radius 2 is 1.42 bits per heavy atom. The van der Waals surface area contributed by atoms with Crippen LogP contribution < -0.4 is 16.2 Å². The van der Waals surface area contributed by atoms with E-state index >= 15 is 0 Å². The standard InChI is InChI=1S/C16H17IN6P/c17-10-4-5-13-24(14-6-2-1-3-7-14,15-8-11-18-22-20-15)16-9-12-19-23-21-16/h1-3,6-9,11-12H,4-5,10,13H2/q+1/i17-4. The van der Waals surface area contributed by atoms with Gasteiger partial charge in [-0.2, -0.15) is 0 Å². The van der Waals surface area contributed by atoms with Crippen molar-refractivity contribution in [1.29, 1.82) is 0 Å². The Morgan fingerprint density at radius 3 is 1.92 bits per heavy atom. The molecule has 0 aliphatic rings. The van der Waals surface area contributed by atoms with Gasteiger partial charge in [-0.25, -0.2) is 0 Å². The largest absolute Gasteiger partial charge is 0.217 e. The summed E-state index contributed by atoms with van der Waals surface area (Å²) < 4.78 is 1.14. The van der Waals surface area contributed by atoms with Crippen LogP contribution in [0.25, 0.3) is 0 Å². The second-order valence-electron chi connectivity index (χ2n) is 5.22. The van der Waals surface area contributed by atoms with E-state index in [1.165, 1.54) is 5.30 Å². The Morgan fingerprint density at radius 1 is 0.792 bits per heavy atom. The molecule has 0 radical (unpaired) electrons. The molecule has 122 valence electrons. The van der Waals surface area contributed by atoms with Gasteiger partial charge in [0.05, 0.1) is 18.6 Å². The normalized spacial score (nSPS) is 11.4. The molecule has 0 aliphatic carbocycles. The third kappa shape index (κ3) is 3.57. The summed E-state index contributed by atoms with van der Waals surface area (Å²) in [5, 5.41) is 25.5. The van der Waals surface area contributed by atoms with Gasteiger partial charge in [0, 0.05) is 12.1 Å². The zero-order valence-electron chi connectivity index (χ0n) is 13.0. The number of nitrogens with zero attached hydrogens (tertiary/aromatic N) is 6. The third-order valence-electron chi connectivity index (χ3n) is 3.83. The summed E-state index contributed by atoms with van der Waals surface area (Å²) in [5.41, 5.74) is 1.88. The average Bonchev–Trinajstić information content (AvgIpc) is 2.68. The number of benzene rings is 1. The molecule has 3 rings (SSSR count).